The van der Waals surface area contributed by atoms with Gasteiger partial charge in [0, 0.05) is 20.1 Å². The normalized spacial score (nSPS) is 15.9. The van der Waals surface area contributed by atoms with Crippen molar-refractivity contribution in [1.29, 1.82) is 0 Å². The van der Waals surface area contributed by atoms with Gasteiger partial charge in [0.1, 0.15) is 11.5 Å². The summed E-state index contributed by atoms with van der Waals surface area (Å²) in [5, 5.41) is 3.08. The van der Waals surface area contributed by atoms with E-state index in [1.807, 2.05) is 14.0 Å². The molecule has 1 aromatic rings. The second-order valence-electron chi connectivity index (χ2n) is 5.51. The molecule has 1 aliphatic rings. The van der Waals surface area contributed by atoms with Crippen LogP contribution in [0.2, 0.25) is 0 Å². The molecule has 1 heterocycles. The molecule has 0 aromatic carbocycles. The predicted octanol–water partition coefficient (Wildman–Crippen LogP) is 2.56. The highest BCUT2D eigenvalue weighted by molar-refractivity contribution is 5.92. The SMILES string of the molecule is CCNc1cncc(C(=O)N(C)CC2CCCCC2)n1. The van der Waals surface area contributed by atoms with E-state index in [1.165, 1.54) is 32.1 Å². The van der Waals surface area contributed by atoms with Gasteiger partial charge < -0.3 is 10.2 Å². The van der Waals surface area contributed by atoms with Gasteiger partial charge in [-0.25, -0.2) is 4.98 Å². The average molecular weight is 276 g/mol. The Kier molecular flexibility index (Phi) is 5.32. The molecule has 5 heteroatoms. The van der Waals surface area contributed by atoms with Crippen molar-refractivity contribution in [2.24, 2.45) is 5.92 Å². The first-order valence-corrected chi connectivity index (χ1v) is 7.52. The van der Waals surface area contributed by atoms with E-state index in [4.69, 9.17) is 0 Å². The molecular formula is C15H24N4O. The molecule has 1 saturated carbocycles. The summed E-state index contributed by atoms with van der Waals surface area (Å²) < 4.78 is 0. The number of rotatable bonds is 5. The van der Waals surface area contributed by atoms with Crippen LogP contribution in [0.4, 0.5) is 5.82 Å². The number of amides is 1. The molecule has 0 aliphatic heterocycles. The summed E-state index contributed by atoms with van der Waals surface area (Å²) in [5.74, 6) is 1.26. The first kappa shape index (κ1) is 14.8. The topological polar surface area (TPSA) is 58.1 Å². The largest absolute Gasteiger partial charge is 0.369 e. The highest BCUT2D eigenvalue weighted by Gasteiger charge is 2.20. The van der Waals surface area contributed by atoms with Crippen LogP contribution in [0.15, 0.2) is 12.4 Å². The molecular weight excluding hydrogens is 252 g/mol. The van der Waals surface area contributed by atoms with E-state index in [0.717, 1.165) is 13.1 Å². The fourth-order valence-corrected chi connectivity index (χ4v) is 2.77. The number of hydrogen-bond donors (Lipinski definition) is 1. The summed E-state index contributed by atoms with van der Waals surface area (Å²) in [6.07, 6.45) is 9.58. The van der Waals surface area contributed by atoms with E-state index in [-0.39, 0.29) is 5.91 Å². The Labute approximate surface area is 120 Å². The Balaban J connectivity index is 1.96. The van der Waals surface area contributed by atoms with Gasteiger partial charge in [0.05, 0.1) is 12.4 Å². The van der Waals surface area contributed by atoms with Gasteiger partial charge in [-0.15, -0.1) is 0 Å². The van der Waals surface area contributed by atoms with Gasteiger partial charge in [0.15, 0.2) is 0 Å². The zero-order valence-electron chi connectivity index (χ0n) is 12.4. The zero-order valence-corrected chi connectivity index (χ0v) is 12.4. The standard InChI is InChI=1S/C15H24N4O/c1-3-17-14-10-16-9-13(18-14)15(20)19(2)11-12-7-5-4-6-8-12/h9-10,12H,3-8,11H2,1-2H3,(H,17,18). The predicted molar refractivity (Wildman–Crippen MR) is 79.7 cm³/mol. The molecule has 1 amide bonds. The van der Waals surface area contributed by atoms with Gasteiger partial charge >= 0.3 is 0 Å². The molecule has 0 bridgehead atoms. The Morgan fingerprint density at radius 2 is 2.10 bits per heavy atom. The fourth-order valence-electron chi connectivity index (χ4n) is 2.77. The Hall–Kier alpha value is -1.65. The number of carbonyl (C=O) groups is 1. The molecule has 2 rings (SSSR count). The lowest BCUT2D eigenvalue weighted by atomic mass is 9.89. The van der Waals surface area contributed by atoms with E-state index in [9.17, 15) is 4.79 Å². The zero-order chi connectivity index (χ0) is 14.4. The maximum absolute atomic E-state index is 12.4. The second-order valence-corrected chi connectivity index (χ2v) is 5.51. The molecule has 0 spiro atoms. The van der Waals surface area contributed by atoms with Crippen LogP contribution in [0.25, 0.3) is 0 Å². The number of nitrogens with zero attached hydrogens (tertiary/aromatic N) is 3. The Morgan fingerprint density at radius 3 is 2.80 bits per heavy atom. The number of carbonyl (C=O) groups excluding carboxylic acids is 1. The molecule has 1 aliphatic carbocycles. The van der Waals surface area contributed by atoms with Gasteiger partial charge in [-0.1, -0.05) is 19.3 Å². The minimum absolute atomic E-state index is 0.0390. The molecule has 1 aromatic heterocycles. The lowest BCUT2D eigenvalue weighted by molar-refractivity contribution is 0.0754. The summed E-state index contributed by atoms with van der Waals surface area (Å²) >= 11 is 0. The summed E-state index contributed by atoms with van der Waals surface area (Å²) in [4.78, 5) is 22.6. The highest BCUT2D eigenvalue weighted by atomic mass is 16.2. The van der Waals surface area contributed by atoms with Crippen molar-refractivity contribution < 1.29 is 4.79 Å². The summed E-state index contributed by atoms with van der Waals surface area (Å²) in [6, 6.07) is 0. The monoisotopic (exact) mass is 276 g/mol. The van der Waals surface area contributed by atoms with Gasteiger partial charge in [-0.2, -0.15) is 0 Å². The van der Waals surface area contributed by atoms with Crippen LogP contribution < -0.4 is 5.32 Å². The van der Waals surface area contributed by atoms with Gasteiger partial charge in [0.25, 0.3) is 5.91 Å². The van der Waals surface area contributed by atoms with Crippen LogP contribution >= 0.6 is 0 Å². The van der Waals surface area contributed by atoms with Crippen LogP contribution in [0.5, 0.6) is 0 Å². The van der Waals surface area contributed by atoms with Gasteiger partial charge in [-0.05, 0) is 25.7 Å². The minimum Gasteiger partial charge on any atom is -0.369 e. The van der Waals surface area contributed by atoms with Crippen LogP contribution in [0.1, 0.15) is 49.5 Å². The molecule has 20 heavy (non-hydrogen) atoms. The van der Waals surface area contributed by atoms with Crippen molar-refractivity contribution in [3.05, 3.63) is 18.1 Å². The van der Waals surface area contributed by atoms with Crippen molar-refractivity contribution in [1.82, 2.24) is 14.9 Å². The summed E-state index contributed by atoms with van der Waals surface area (Å²) in [6.45, 7) is 3.58. The number of hydrogen-bond acceptors (Lipinski definition) is 4. The number of nitrogens with one attached hydrogen (secondary N) is 1. The Morgan fingerprint density at radius 1 is 1.35 bits per heavy atom. The molecule has 5 nitrogen and oxygen atoms in total. The van der Waals surface area contributed by atoms with Crippen LogP contribution in [-0.2, 0) is 0 Å². The van der Waals surface area contributed by atoms with Crippen molar-refractivity contribution in [3.63, 3.8) is 0 Å². The van der Waals surface area contributed by atoms with Gasteiger partial charge in [0.2, 0.25) is 0 Å². The minimum atomic E-state index is -0.0390. The Bertz CT molecular complexity index is 443. The first-order chi connectivity index (χ1) is 9.70. The van der Waals surface area contributed by atoms with Crippen LogP contribution in [0, 0.1) is 5.92 Å². The fraction of sp³-hybridized carbons (Fsp3) is 0.667. The smallest absolute Gasteiger partial charge is 0.273 e. The molecule has 0 saturated heterocycles. The number of anilines is 1. The van der Waals surface area contributed by atoms with Crippen molar-refractivity contribution in [2.75, 3.05) is 25.5 Å². The number of aromatic nitrogens is 2. The quantitative estimate of drug-likeness (QED) is 0.898. The molecule has 0 radical (unpaired) electrons. The summed E-state index contributed by atoms with van der Waals surface area (Å²) in [7, 11) is 1.86. The van der Waals surface area contributed by atoms with E-state index in [0.29, 0.717) is 17.4 Å². The van der Waals surface area contributed by atoms with E-state index in [2.05, 4.69) is 15.3 Å². The second kappa shape index (κ2) is 7.22. The molecule has 110 valence electrons. The lowest BCUT2D eigenvalue weighted by Gasteiger charge is -2.26. The van der Waals surface area contributed by atoms with E-state index < -0.39 is 0 Å². The average Bonchev–Trinajstić information content (AvgIpc) is 2.48. The molecule has 0 atom stereocenters. The third kappa shape index (κ3) is 3.92. The molecule has 1 N–H and O–H groups in total. The highest BCUT2D eigenvalue weighted by Crippen LogP contribution is 2.24. The van der Waals surface area contributed by atoms with Crippen molar-refractivity contribution >= 4 is 11.7 Å². The maximum Gasteiger partial charge on any atom is 0.273 e. The molecule has 1 fully saturated rings. The van der Waals surface area contributed by atoms with E-state index in [1.54, 1.807) is 17.3 Å². The van der Waals surface area contributed by atoms with Crippen LogP contribution in [-0.4, -0.2) is 40.9 Å². The van der Waals surface area contributed by atoms with Crippen molar-refractivity contribution in [3.8, 4) is 0 Å². The first-order valence-electron chi connectivity index (χ1n) is 7.52. The molecule has 0 unspecified atom stereocenters. The third-order valence-electron chi connectivity index (χ3n) is 3.82. The third-order valence-corrected chi connectivity index (χ3v) is 3.82. The van der Waals surface area contributed by atoms with Crippen molar-refractivity contribution in [2.45, 2.75) is 39.0 Å². The van der Waals surface area contributed by atoms with Crippen LogP contribution in [0.3, 0.4) is 0 Å². The van der Waals surface area contributed by atoms with Gasteiger partial charge in [-0.3, -0.25) is 9.78 Å². The van der Waals surface area contributed by atoms with E-state index >= 15 is 0 Å². The lowest BCUT2D eigenvalue weighted by Crippen LogP contribution is -2.33. The maximum atomic E-state index is 12.4. The summed E-state index contributed by atoms with van der Waals surface area (Å²) in [5.41, 5.74) is 0.418.